The van der Waals surface area contributed by atoms with Crippen molar-refractivity contribution in [3.63, 3.8) is 0 Å². The normalized spacial score (nSPS) is 10.7. The van der Waals surface area contributed by atoms with Crippen molar-refractivity contribution in [3.8, 4) is 17.5 Å². The molecule has 0 atom stereocenters. The molecule has 2 aromatic heterocycles. The number of anilines is 1. The van der Waals surface area contributed by atoms with Crippen molar-refractivity contribution in [1.82, 2.24) is 9.97 Å². The molecule has 0 radical (unpaired) electrons. The van der Waals surface area contributed by atoms with Crippen molar-refractivity contribution >= 4 is 22.4 Å². The van der Waals surface area contributed by atoms with Gasteiger partial charge in [-0.3, -0.25) is 10.1 Å². The van der Waals surface area contributed by atoms with E-state index >= 15 is 0 Å². The summed E-state index contributed by atoms with van der Waals surface area (Å²) in [5, 5.41) is 5.06. The molecule has 3 aromatic rings. The van der Waals surface area contributed by atoms with Gasteiger partial charge in [0.2, 0.25) is 11.8 Å². The van der Waals surface area contributed by atoms with Gasteiger partial charge in [-0.1, -0.05) is 6.07 Å². The lowest BCUT2D eigenvalue weighted by atomic mass is 10.2. The molecule has 8 heteroatoms. The van der Waals surface area contributed by atoms with E-state index in [2.05, 4.69) is 15.3 Å². The second kappa shape index (κ2) is 8.13. The molecule has 27 heavy (non-hydrogen) atoms. The quantitative estimate of drug-likeness (QED) is 0.657. The van der Waals surface area contributed by atoms with E-state index in [0.717, 1.165) is 5.69 Å². The Balaban J connectivity index is 1.88. The maximum Gasteiger partial charge on any atom is 0.257 e. The summed E-state index contributed by atoms with van der Waals surface area (Å²) in [4.78, 5) is 21.0. The van der Waals surface area contributed by atoms with Crippen molar-refractivity contribution in [1.29, 1.82) is 0 Å². The smallest absolute Gasteiger partial charge is 0.257 e. The van der Waals surface area contributed by atoms with Gasteiger partial charge in [0.05, 0.1) is 17.4 Å². The molecule has 0 unspecified atom stereocenters. The van der Waals surface area contributed by atoms with Gasteiger partial charge in [-0.15, -0.1) is 11.3 Å². The Bertz CT molecular complexity index is 959. The van der Waals surface area contributed by atoms with Crippen LogP contribution in [0, 0.1) is 12.7 Å². The maximum atomic E-state index is 13.4. The molecule has 2 heterocycles. The van der Waals surface area contributed by atoms with Crippen LogP contribution in [-0.2, 0) is 0 Å². The number of nitrogens with zero attached hydrogens (tertiary/aromatic N) is 2. The van der Waals surface area contributed by atoms with E-state index in [0.29, 0.717) is 10.7 Å². The van der Waals surface area contributed by atoms with Crippen LogP contribution in [-0.4, -0.2) is 22.0 Å². The number of carbonyl (C=O) groups excluding carboxylic acids is 1. The van der Waals surface area contributed by atoms with Gasteiger partial charge >= 0.3 is 0 Å². The lowest BCUT2D eigenvalue weighted by Gasteiger charge is -2.12. The van der Waals surface area contributed by atoms with Gasteiger partial charge in [0, 0.05) is 23.6 Å². The Hall–Kier alpha value is -3.00. The van der Waals surface area contributed by atoms with Crippen LogP contribution in [0.25, 0.3) is 0 Å². The van der Waals surface area contributed by atoms with Gasteiger partial charge in [-0.05, 0) is 32.9 Å². The minimum Gasteiger partial charge on any atom is -0.475 e. The zero-order valence-electron chi connectivity index (χ0n) is 15.0. The Morgan fingerprint density at radius 2 is 1.96 bits per heavy atom. The number of halogens is 1. The Labute approximate surface area is 160 Å². The summed E-state index contributed by atoms with van der Waals surface area (Å²) in [7, 11) is 0. The summed E-state index contributed by atoms with van der Waals surface area (Å²) in [6.07, 6.45) is -0.139. The number of hydrogen-bond donors (Lipinski definition) is 1. The highest BCUT2D eigenvalue weighted by atomic mass is 32.1. The fraction of sp³-hybridized carbons (Fsp3) is 0.211. The van der Waals surface area contributed by atoms with E-state index in [-0.39, 0.29) is 29.5 Å². The molecule has 0 aliphatic rings. The van der Waals surface area contributed by atoms with E-state index in [1.165, 1.54) is 41.7 Å². The monoisotopic (exact) mass is 387 g/mol. The third-order valence-electron chi connectivity index (χ3n) is 3.25. The standard InChI is InChI=1S/C19H18FN3O3S/c1-11(2)25-16-7-13(18(24)23-19-21-12(3)10-27-19)8-17(22-16)26-15-6-4-5-14(20)9-15/h4-11H,1-3H3,(H,21,23,24). The van der Waals surface area contributed by atoms with Crippen LogP contribution in [0.1, 0.15) is 29.9 Å². The maximum absolute atomic E-state index is 13.4. The number of rotatable bonds is 6. The van der Waals surface area contributed by atoms with Gasteiger partial charge in [-0.2, -0.15) is 4.98 Å². The molecule has 1 aromatic carbocycles. The number of nitrogens with one attached hydrogen (secondary N) is 1. The summed E-state index contributed by atoms with van der Waals surface area (Å²) in [6.45, 7) is 5.54. The van der Waals surface area contributed by atoms with Crippen molar-refractivity contribution < 1.29 is 18.7 Å². The number of ether oxygens (including phenoxy) is 2. The molecule has 3 rings (SSSR count). The number of benzene rings is 1. The molecule has 0 fully saturated rings. The zero-order valence-corrected chi connectivity index (χ0v) is 15.8. The van der Waals surface area contributed by atoms with Gasteiger partial charge in [0.25, 0.3) is 5.91 Å². The van der Waals surface area contributed by atoms with Crippen molar-refractivity contribution in [2.75, 3.05) is 5.32 Å². The number of aryl methyl sites for hydroxylation is 1. The van der Waals surface area contributed by atoms with E-state index in [1.807, 2.05) is 26.2 Å². The van der Waals surface area contributed by atoms with Crippen molar-refractivity contribution in [2.45, 2.75) is 26.9 Å². The second-order valence-electron chi connectivity index (χ2n) is 6.01. The third-order valence-corrected chi connectivity index (χ3v) is 4.13. The number of aromatic nitrogens is 2. The largest absolute Gasteiger partial charge is 0.475 e. The molecule has 0 saturated heterocycles. The lowest BCUT2D eigenvalue weighted by molar-refractivity contribution is 0.102. The van der Waals surface area contributed by atoms with Gasteiger partial charge < -0.3 is 9.47 Å². The fourth-order valence-electron chi connectivity index (χ4n) is 2.20. The summed E-state index contributed by atoms with van der Waals surface area (Å²) >= 11 is 1.33. The highest BCUT2D eigenvalue weighted by Crippen LogP contribution is 2.26. The molecule has 6 nitrogen and oxygen atoms in total. The number of thiazole rings is 1. The zero-order chi connectivity index (χ0) is 19.4. The molecule has 0 spiro atoms. The topological polar surface area (TPSA) is 73.3 Å². The molecule has 0 saturated carbocycles. The van der Waals surface area contributed by atoms with E-state index in [9.17, 15) is 9.18 Å². The minimum atomic E-state index is -0.431. The molecule has 140 valence electrons. The van der Waals surface area contributed by atoms with Crippen molar-refractivity contribution in [2.24, 2.45) is 0 Å². The van der Waals surface area contributed by atoms with Gasteiger partial charge in [-0.25, -0.2) is 9.37 Å². The minimum absolute atomic E-state index is 0.124. The van der Waals surface area contributed by atoms with Crippen LogP contribution in [0.15, 0.2) is 41.8 Å². The van der Waals surface area contributed by atoms with Crippen LogP contribution in [0.5, 0.6) is 17.5 Å². The average molecular weight is 387 g/mol. The summed E-state index contributed by atoms with van der Waals surface area (Å²) < 4.78 is 24.6. The fourth-order valence-corrected chi connectivity index (χ4v) is 2.88. The first-order chi connectivity index (χ1) is 12.9. The number of hydrogen-bond acceptors (Lipinski definition) is 6. The predicted octanol–water partition coefficient (Wildman–Crippen LogP) is 4.82. The third kappa shape index (κ3) is 5.24. The Kier molecular flexibility index (Phi) is 5.66. The first-order valence-corrected chi connectivity index (χ1v) is 9.12. The average Bonchev–Trinajstić information content (AvgIpc) is 2.99. The van der Waals surface area contributed by atoms with Crippen LogP contribution < -0.4 is 14.8 Å². The molecule has 0 aliphatic carbocycles. The Morgan fingerprint density at radius 3 is 2.63 bits per heavy atom. The van der Waals surface area contributed by atoms with Crippen LogP contribution in [0.4, 0.5) is 9.52 Å². The summed E-state index contributed by atoms with van der Waals surface area (Å²) in [5.74, 6) is -0.173. The summed E-state index contributed by atoms with van der Waals surface area (Å²) in [5.41, 5.74) is 1.11. The molecule has 0 bridgehead atoms. The first kappa shape index (κ1) is 18.8. The van der Waals surface area contributed by atoms with Crippen LogP contribution >= 0.6 is 11.3 Å². The number of carbonyl (C=O) groups is 1. The van der Waals surface area contributed by atoms with Gasteiger partial charge in [0.15, 0.2) is 5.13 Å². The molecule has 1 N–H and O–H groups in total. The SMILES string of the molecule is Cc1csc(NC(=O)c2cc(Oc3cccc(F)c3)nc(OC(C)C)c2)n1. The van der Waals surface area contributed by atoms with Crippen LogP contribution in [0.2, 0.25) is 0 Å². The predicted molar refractivity (Wildman–Crippen MR) is 101 cm³/mol. The Morgan fingerprint density at radius 1 is 1.19 bits per heavy atom. The van der Waals surface area contributed by atoms with Gasteiger partial charge in [0.1, 0.15) is 11.6 Å². The molecular formula is C19H18FN3O3S. The molecule has 0 aliphatic heterocycles. The highest BCUT2D eigenvalue weighted by molar-refractivity contribution is 7.13. The van der Waals surface area contributed by atoms with E-state index in [1.54, 1.807) is 6.07 Å². The first-order valence-electron chi connectivity index (χ1n) is 8.24. The second-order valence-corrected chi connectivity index (χ2v) is 6.86. The number of amides is 1. The van der Waals surface area contributed by atoms with E-state index in [4.69, 9.17) is 9.47 Å². The lowest BCUT2D eigenvalue weighted by Crippen LogP contribution is -2.14. The highest BCUT2D eigenvalue weighted by Gasteiger charge is 2.15. The number of pyridine rings is 1. The summed E-state index contributed by atoms with van der Waals surface area (Å²) in [6, 6.07) is 8.65. The van der Waals surface area contributed by atoms with Crippen LogP contribution in [0.3, 0.4) is 0 Å². The van der Waals surface area contributed by atoms with Crippen molar-refractivity contribution in [3.05, 3.63) is 58.9 Å². The van der Waals surface area contributed by atoms with E-state index < -0.39 is 5.82 Å². The molecular weight excluding hydrogens is 369 g/mol. The molecule has 1 amide bonds.